The largest absolute Gasteiger partial charge is 0.465 e. The number of nitriles is 1. The Morgan fingerprint density at radius 3 is 2.43 bits per heavy atom. The Morgan fingerprint density at radius 1 is 1.08 bits per heavy atom. The maximum absolute atomic E-state index is 13.5. The van der Waals surface area contributed by atoms with Crippen molar-refractivity contribution in [2.75, 3.05) is 13.1 Å². The summed E-state index contributed by atoms with van der Waals surface area (Å²) in [6, 6.07) is 21.0. The third kappa shape index (κ3) is 6.12. The molecule has 1 fully saturated rings. The first-order chi connectivity index (χ1) is 17.6. The van der Waals surface area contributed by atoms with E-state index in [-0.39, 0.29) is 11.8 Å². The maximum Gasteiger partial charge on any atom is 0.405 e. The van der Waals surface area contributed by atoms with Gasteiger partial charge in [0, 0.05) is 34.8 Å². The molecule has 0 aliphatic carbocycles. The molecule has 0 saturated carbocycles. The zero-order chi connectivity index (χ0) is 26.7. The summed E-state index contributed by atoms with van der Waals surface area (Å²) in [4.78, 5) is 26.5. The highest BCUT2D eigenvalue weighted by molar-refractivity contribution is 6.33. The Balaban J connectivity index is 1.64. The summed E-state index contributed by atoms with van der Waals surface area (Å²) in [5, 5.41) is 21.5. The van der Waals surface area contributed by atoms with Crippen LogP contribution in [0, 0.1) is 24.2 Å². The van der Waals surface area contributed by atoms with Gasteiger partial charge >= 0.3 is 6.09 Å². The number of nitrogens with zero attached hydrogens (tertiary/aromatic N) is 2. The standard InChI is InChI=1S/C30H30ClN3O3/c1-19-4-10-25(27(31)14-19)24-11-9-23(15-26(24)22-7-5-20(17-32)6-8-22)28(35)34-13-12-21(18-34)16-30(2,3)33-29(36)37/h4-11,14-15,21,33H,12-13,16,18H2,1-3H3,(H,36,37)/t21-/m0/s1. The molecule has 190 valence electrons. The SMILES string of the molecule is Cc1ccc(-c2ccc(C(=O)N3CC[C@@H](CC(C)(C)NC(=O)O)C3)cc2-c2ccc(C#N)cc2)c(Cl)c1. The Labute approximate surface area is 222 Å². The number of likely N-dealkylation sites (tertiary alicyclic amines) is 1. The minimum Gasteiger partial charge on any atom is -0.465 e. The van der Waals surface area contributed by atoms with Crippen LogP contribution >= 0.6 is 11.6 Å². The van der Waals surface area contributed by atoms with Gasteiger partial charge in [0.25, 0.3) is 5.91 Å². The molecule has 0 unspecified atom stereocenters. The number of carbonyl (C=O) groups is 2. The monoisotopic (exact) mass is 515 g/mol. The fourth-order valence-electron chi connectivity index (χ4n) is 5.14. The molecule has 3 aromatic carbocycles. The van der Waals surface area contributed by atoms with Crippen molar-refractivity contribution in [1.29, 1.82) is 5.26 Å². The van der Waals surface area contributed by atoms with E-state index in [1.807, 2.05) is 74.2 Å². The number of carboxylic acid groups (broad SMARTS) is 1. The fourth-order valence-corrected chi connectivity index (χ4v) is 5.48. The third-order valence-electron chi connectivity index (χ3n) is 6.82. The van der Waals surface area contributed by atoms with E-state index in [1.165, 1.54) is 0 Å². The average molecular weight is 516 g/mol. The van der Waals surface area contributed by atoms with E-state index in [0.29, 0.717) is 35.7 Å². The molecule has 1 aliphatic rings. The summed E-state index contributed by atoms with van der Waals surface area (Å²) in [5.41, 5.74) is 5.18. The molecule has 2 N–H and O–H groups in total. The van der Waals surface area contributed by atoms with Gasteiger partial charge in [-0.25, -0.2) is 4.79 Å². The normalized spacial score (nSPS) is 15.3. The van der Waals surface area contributed by atoms with Crippen molar-refractivity contribution in [1.82, 2.24) is 10.2 Å². The zero-order valence-corrected chi connectivity index (χ0v) is 22.0. The maximum atomic E-state index is 13.5. The molecule has 1 aliphatic heterocycles. The fraction of sp³-hybridized carbons (Fsp3) is 0.300. The van der Waals surface area contributed by atoms with Crippen LogP contribution in [0.4, 0.5) is 4.79 Å². The van der Waals surface area contributed by atoms with Crippen LogP contribution in [0.1, 0.15) is 48.2 Å². The highest BCUT2D eigenvalue weighted by Crippen LogP contribution is 2.38. The van der Waals surface area contributed by atoms with Gasteiger partial charge in [0.2, 0.25) is 0 Å². The zero-order valence-electron chi connectivity index (χ0n) is 21.2. The molecule has 2 amide bonds. The molecule has 0 bridgehead atoms. The molecule has 37 heavy (non-hydrogen) atoms. The summed E-state index contributed by atoms with van der Waals surface area (Å²) >= 11 is 6.62. The second-order valence-corrected chi connectivity index (χ2v) is 10.8. The first-order valence-electron chi connectivity index (χ1n) is 12.3. The van der Waals surface area contributed by atoms with Crippen molar-refractivity contribution < 1.29 is 14.7 Å². The highest BCUT2D eigenvalue weighted by atomic mass is 35.5. The van der Waals surface area contributed by atoms with Crippen molar-refractivity contribution in [2.45, 2.75) is 39.2 Å². The van der Waals surface area contributed by atoms with E-state index in [9.17, 15) is 14.9 Å². The van der Waals surface area contributed by atoms with E-state index in [0.717, 1.165) is 34.2 Å². The van der Waals surface area contributed by atoms with Crippen LogP contribution in [0.3, 0.4) is 0 Å². The molecule has 4 rings (SSSR count). The number of halogens is 1. The van der Waals surface area contributed by atoms with Crippen molar-refractivity contribution in [3.8, 4) is 28.3 Å². The molecule has 1 saturated heterocycles. The molecular weight excluding hydrogens is 486 g/mol. The number of nitrogens with one attached hydrogen (secondary N) is 1. The van der Waals surface area contributed by atoms with Gasteiger partial charge in [-0.3, -0.25) is 4.79 Å². The lowest BCUT2D eigenvalue weighted by Crippen LogP contribution is -2.44. The lowest BCUT2D eigenvalue weighted by molar-refractivity contribution is 0.0783. The molecule has 0 spiro atoms. The van der Waals surface area contributed by atoms with E-state index in [2.05, 4.69) is 11.4 Å². The second-order valence-electron chi connectivity index (χ2n) is 10.4. The van der Waals surface area contributed by atoms with Gasteiger partial charge in [0.1, 0.15) is 0 Å². The van der Waals surface area contributed by atoms with Crippen molar-refractivity contribution >= 4 is 23.6 Å². The Kier molecular flexibility index (Phi) is 7.56. The number of hydrogen-bond donors (Lipinski definition) is 2. The number of amides is 2. The minimum absolute atomic E-state index is 0.0528. The predicted molar refractivity (Wildman–Crippen MR) is 146 cm³/mol. The van der Waals surface area contributed by atoms with Gasteiger partial charge in [-0.15, -0.1) is 0 Å². The van der Waals surface area contributed by atoms with Crippen molar-refractivity contribution in [3.05, 3.63) is 82.4 Å². The summed E-state index contributed by atoms with van der Waals surface area (Å²) in [5.74, 6) is 0.164. The molecule has 1 atom stereocenters. The summed E-state index contributed by atoms with van der Waals surface area (Å²) < 4.78 is 0. The number of benzene rings is 3. The van der Waals surface area contributed by atoms with Crippen molar-refractivity contribution in [2.24, 2.45) is 5.92 Å². The Morgan fingerprint density at radius 2 is 1.78 bits per heavy atom. The topological polar surface area (TPSA) is 93.4 Å². The minimum atomic E-state index is -1.04. The average Bonchev–Trinajstić information content (AvgIpc) is 3.30. The third-order valence-corrected chi connectivity index (χ3v) is 7.14. The van der Waals surface area contributed by atoms with Gasteiger partial charge in [0.05, 0.1) is 11.6 Å². The summed E-state index contributed by atoms with van der Waals surface area (Å²) in [6.07, 6.45) is 0.445. The van der Waals surface area contributed by atoms with E-state index in [1.54, 1.807) is 12.1 Å². The van der Waals surface area contributed by atoms with Gasteiger partial charge in [0.15, 0.2) is 0 Å². The number of carbonyl (C=O) groups excluding carboxylic acids is 1. The number of aryl methyl sites for hydroxylation is 1. The summed E-state index contributed by atoms with van der Waals surface area (Å²) in [6.45, 7) is 6.93. The first-order valence-corrected chi connectivity index (χ1v) is 12.7. The Bertz CT molecular complexity index is 1380. The molecule has 6 nitrogen and oxygen atoms in total. The lowest BCUT2D eigenvalue weighted by atomic mass is 9.90. The Hall–Kier alpha value is -3.82. The molecule has 7 heteroatoms. The number of hydrogen-bond acceptors (Lipinski definition) is 3. The molecule has 0 aromatic heterocycles. The number of rotatable bonds is 6. The van der Waals surface area contributed by atoms with Gasteiger partial charge in [-0.05, 0) is 92.1 Å². The molecular formula is C30H30ClN3O3. The van der Waals surface area contributed by atoms with E-state index < -0.39 is 11.6 Å². The molecule has 1 heterocycles. The van der Waals surface area contributed by atoms with Crippen LogP contribution in [-0.4, -0.2) is 40.6 Å². The summed E-state index contributed by atoms with van der Waals surface area (Å²) in [7, 11) is 0. The van der Waals surface area contributed by atoms with Crippen LogP contribution in [0.5, 0.6) is 0 Å². The van der Waals surface area contributed by atoms with Crippen LogP contribution in [0.15, 0.2) is 60.7 Å². The predicted octanol–water partition coefficient (Wildman–Crippen LogP) is 6.75. The van der Waals surface area contributed by atoms with E-state index in [4.69, 9.17) is 16.7 Å². The first kappa shape index (κ1) is 26.2. The van der Waals surface area contributed by atoms with E-state index >= 15 is 0 Å². The second kappa shape index (κ2) is 10.7. The molecule has 3 aromatic rings. The lowest BCUT2D eigenvalue weighted by Gasteiger charge is -2.28. The van der Waals surface area contributed by atoms with Crippen LogP contribution in [-0.2, 0) is 0 Å². The molecule has 0 radical (unpaired) electrons. The highest BCUT2D eigenvalue weighted by Gasteiger charge is 2.32. The van der Waals surface area contributed by atoms with Gasteiger partial charge in [-0.2, -0.15) is 5.26 Å². The van der Waals surface area contributed by atoms with Crippen LogP contribution in [0.2, 0.25) is 5.02 Å². The van der Waals surface area contributed by atoms with Gasteiger partial charge in [-0.1, -0.05) is 41.9 Å². The van der Waals surface area contributed by atoms with Gasteiger partial charge < -0.3 is 15.3 Å². The van der Waals surface area contributed by atoms with Crippen LogP contribution in [0.25, 0.3) is 22.3 Å². The quantitative estimate of drug-likeness (QED) is 0.379. The van der Waals surface area contributed by atoms with Crippen LogP contribution < -0.4 is 5.32 Å². The smallest absolute Gasteiger partial charge is 0.405 e. The van der Waals surface area contributed by atoms with Crippen molar-refractivity contribution in [3.63, 3.8) is 0 Å².